The average molecular weight is 371 g/mol. The molecule has 0 saturated heterocycles. The van der Waals surface area contributed by atoms with Gasteiger partial charge in [-0.05, 0) is 11.1 Å². The van der Waals surface area contributed by atoms with E-state index >= 15 is 0 Å². The largest absolute Gasteiger partial charge is 0.293 e. The lowest BCUT2D eigenvalue weighted by atomic mass is 9.64. The molecule has 1 aliphatic rings. The van der Waals surface area contributed by atoms with Crippen LogP contribution in [0.2, 0.25) is 0 Å². The minimum Gasteiger partial charge on any atom is -0.293 e. The van der Waals surface area contributed by atoms with Gasteiger partial charge in [0.25, 0.3) is 0 Å². The van der Waals surface area contributed by atoms with Crippen LogP contribution < -0.4 is 0 Å². The Morgan fingerprint density at radius 1 is 0.750 bits per heavy atom. The second-order valence-electron chi connectivity index (χ2n) is 6.86. The summed E-state index contributed by atoms with van der Waals surface area (Å²) < 4.78 is 0. The molecule has 0 bridgehead atoms. The molecular formula is C23H17NO4. The number of carbonyl (C=O) groups excluding carboxylic acids is 2. The Bertz CT molecular complexity index is 1030. The molecule has 1 aliphatic carbocycles. The predicted molar refractivity (Wildman–Crippen MR) is 104 cm³/mol. The SMILES string of the molecule is O=C1c2ccccc2C(=O)C1(c1ccccc1)C(C[N+](=O)[O-])c1ccccc1. The van der Waals surface area contributed by atoms with E-state index in [9.17, 15) is 19.7 Å². The molecule has 0 heterocycles. The van der Waals surface area contributed by atoms with Gasteiger partial charge in [0, 0.05) is 16.1 Å². The normalized spacial score (nSPS) is 15.9. The maximum Gasteiger partial charge on any atom is 0.212 e. The minimum absolute atomic E-state index is 0.320. The number of nitrogens with zero attached hydrogens (tertiary/aromatic N) is 1. The van der Waals surface area contributed by atoms with Crippen LogP contribution in [0.4, 0.5) is 0 Å². The van der Waals surface area contributed by atoms with Gasteiger partial charge in [0.1, 0.15) is 5.41 Å². The fraction of sp³-hybridized carbons (Fsp3) is 0.130. The Kier molecular flexibility index (Phi) is 4.35. The number of carbonyl (C=O) groups is 2. The van der Waals surface area contributed by atoms with E-state index < -0.39 is 22.8 Å². The third-order valence-electron chi connectivity index (χ3n) is 5.42. The fourth-order valence-corrected chi connectivity index (χ4v) is 4.21. The van der Waals surface area contributed by atoms with Crippen molar-refractivity contribution in [1.29, 1.82) is 0 Å². The topological polar surface area (TPSA) is 77.3 Å². The number of Topliss-reactive ketones (excluding diaryl/α,β-unsaturated/α-hetero) is 2. The Labute approximate surface area is 161 Å². The summed E-state index contributed by atoms with van der Waals surface area (Å²) >= 11 is 0. The highest BCUT2D eigenvalue weighted by Crippen LogP contribution is 2.49. The molecule has 0 fully saturated rings. The van der Waals surface area contributed by atoms with Crippen LogP contribution in [0.3, 0.4) is 0 Å². The summed E-state index contributed by atoms with van der Waals surface area (Å²) in [7, 11) is 0. The van der Waals surface area contributed by atoms with Crippen LogP contribution in [0.25, 0.3) is 0 Å². The van der Waals surface area contributed by atoms with Crippen LogP contribution in [0.5, 0.6) is 0 Å². The Hall–Kier alpha value is -3.60. The molecule has 0 radical (unpaired) electrons. The van der Waals surface area contributed by atoms with Gasteiger partial charge in [0.2, 0.25) is 6.54 Å². The molecule has 0 aromatic heterocycles. The van der Waals surface area contributed by atoms with Crippen molar-refractivity contribution in [2.24, 2.45) is 0 Å². The van der Waals surface area contributed by atoms with E-state index in [1.807, 2.05) is 0 Å². The van der Waals surface area contributed by atoms with Gasteiger partial charge in [-0.15, -0.1) is 0 Å². The molecule has 3 aromatic rings. The highest BCUT2D eigenvalue weighted by atomic mass is 16.6. The summed E-state index contributed by atoms with van der Waals surface area (Å²) in [6.45, 7) is -0.523. The van der Waals surface area contributed by atoms with Gasteiger partial charge < -0.3 is 0 Å². The van der Waals surface area contributed by atoms with Crippen molar-refractivity contribution in [2.45, 2.75) is 11.3 Å². The lowest BCUT2D eigenvalue weighted by molar-refractivity contribution is -0.484. The smallest absolute Gasteiger partial charge is 0.212 e. The minimum atomic E-state index is -1.65. The molecular weight excluding hydrogens is 354 g/mol. The van der Waals surface area contributed by atoms with E-state index in [1.54, 1.807) is 84.9 Å². The van der Waals surface area contributed by atoms with Crippen molar-refractivity contribution in [3.8, 4) is 0 Å². The van der Waals surface area contributed by atoms with Crippen molar-refractivity contribution in [1.82, 2.24) is 0 Å². The fourth-order valence-electron chi connectivity index (χ4n) is 4.21. The summed E-state index contributed by atoms with van der Waals surface area (Å²) in [5, 5.41) is 11.6. The Morgan fingerprint density at radius 3 is 1.71 bits per heavy atom. The molecule has 0 aliphatic heterocycles. The van der Waals surface area contributed by atoms with Crippen molar-refractivity contribution >= 4 is 11.6 Å². The van der Waals surface area contributed by atoms with Gasteiger partial charge in [0.15, 0.2) is 11.6 Å². The first-order chi connectivity index (χ1) is 13.6. The molecule has 0 saturated carbocycles. The van der Waals surface area contributed by atoms with Crippen LogP contribution >= 0.6 is 0 Å². The lowest BCUT2D eigenvalue weighted by Gasteiger charge is -2.33. The van der Waals surface area contributed by atoms with Crippen molar-refractivity contribution < 1.29 is 14.5 Å². The van der Waals surface area contributed by atoms with Gasteiger partial charge >= 0.3 is 0 Å². The molecule has 4 rings (SSSR count). The number of ketones is 2. The molecule has 5 nitrogen and oxygen atoms in total. The monoisotopic (exact) mass is 371 g/mol. The number of hydrogen-bond acceptors (Lipinski definition) is 4. The van der Waals surface area contributed by atoms with Gasteiger partial charge in [-0.3, -0.25) is 19.7 Å². The summed E-state index contributed by atoms with van der Waals surface area (Å²) in [6.07, 6.45) is 0. The summed E-state index contributed by atoms with van der Waals surface area (Å²) in [5.41, 5.74) is 0.0649. The third-order valence-corrected chi connectivity index (χ3v) is 5.42. The highest BCUT2D eigenvalue weighted by molar-refractivity contribution is 6.33. The number of rotatable bonds is 5. The number of fused-ring (bicyclic) bond motifs is 1. The quantitative estimate of drug-likeness (QED) is 0.385. The van der Waals surface area contributed by atoms with E-state index in [2.05, 4.69) is 0 Å². The van der Waals surface area contributed by atoms with E-state index in [0.29, 0.717) is 22.3 Å². The van der Waals surface area contributed by atoms with Gasteiger partial charge in [-0.1, -0.05) is 84.9 Å². The first-order valence-corrected chi connectivity index (χ1v) is 8.97. The lowest BCUT2D eigenvalue weighted by Crippen LogP contribution is -2.46. The first kappa shape index (κ1) is 17.8. The number of benzene rings is 3. The number of hydrogen-bond donors (Lipinski definition) is 0. The zero-order chi connectivity index (χ0) is 19.7. The molecule has 1 unspecified atom stereocenters. The molecule has 28 heavy (non-hydrogen) atoms. The van der Waals surface area contributed by atoms with Gasteiger partial charge in [-0.25, -0.2) is 0 Å². The van der Waals surface area contributed by atoms with Gasteiger partial charge in [-0.2, -0.15) is 0 Å². The van der Waals surface area contributed by atoms with Crippen LogP contribution in [-0.4, -0.2) is 23.0 Å². The summed E-state index contributed by atoms with van der Waals surface area (Å²) in [4.78, 5) is 38.5. The average Bonchev–Trinajstić information content (AvgIpc) is 2.96. The van der Waals surface area contributed by atoms with Crippen LogP contribution in [-0.2, 0) is 5.41 Å². The number of nitro groups is 1. The zero-order valence-electron chi connectivity index (χ0n) is 14.9. The molecule has 0 amide bonds. The highest BCUT2D eigenvalue weighted by Gasteiger charge is 2.60. The van der Waals surface area contributed by atoms with E-state index in [1.165, 1.54) is 0 Å². The maximum atomic E-state index is 13.7. The predicted octanol–water partition coefficient (Wildman–Crippen LogP) is 4.06. The Balaban J connectivity index is 2.04. The molecule has 138 valence electrons. The second-order valence-corrected chi connectivity index (χ2v) is 6.86. The van der Waals surface area contributed by atoms with E-state index in [0.717, 1.165) is 0 Å². The van der Waals surface area contributed by atoms with E-state index in [-0.39, 0.29) is 11.6 Å². The van der Waals surface area contributed by atoms with Crippen LogP contribution in [0, 0.1) is 10.1 Å². The van der Waals surface area contributed by atoms with Crippen LogP contribution in [0.15, 0.2) is 84.9 Å². The van der Waals surface area contributed by atoms with Gasteiger partial charge in [0.05, 0.1) is 5.92 Å². The third kappa shape index (κ3) is 2.55. The van der Waals surface area contributed by atoms with Crippen LogP contribution in [0.1, 0.15) is 37.8 Å². The maximum absolute atomic E-state index is 13.7. The Morgan fingerprint density at radius 2 is 1.21 bits per heavy atom. The van der Waals surface area contributed by atoms with Crippen molar-refractivity contribution in [3.63, 3.8) is 0 Å². The first-order valence-electron chi connectivity index (χ1n) is 8.97. The molecule has 0 N–H and O–H groups in total. The molecule has 0 spiro atoms. The molecule has 5 heteroatoms. The van der Waals surface area contributed by atoms with E-state index in [4.69, 9.17) is 0 Å². The molecule has 3 aromatic carbocycles. The summed E-state index contributed by atoms with van der Waals surface area (Å²) in [6, 6.07) is 24.1. The standard InChI is InChI=1S/C23H17NO4/c25-21-18-13-7-8-14-19(18)22(26)23(21,17-11-5-2-6-12-17)20(15-24(27)28)16-9-3-1-4-10-16/h1-14,20H,15H2. The van der Waals surface area contributed by atoms with Crippen molar-refractivity contribution in [3.05, 3.63) is 117 Å². The summed E-state index contributed by atoms with van der Waals surface area (Å²) in [5.74, 6) is -1.68. The molecule has 1 atom stereocenters. The van der Waals surface area contributed by atoms with Crippen molar-refractivity contribution in [2.75, 3.05) is 6.54 Å². The zero-order valence-corrected chi connectivity index (χ0v) is 14.9. The second kappa shape index (κ2) is 6.85.